The number of anilines is 1. The molecule has 1 aliphatic heterocycles. The lowest BCUT2D eigenvalue weighted by Gasteiger charge is -2.29. The maximum atomic E-state index is 13.8. The van der Waals surface area contributed by atoms with Gasteiger partial charge in [-0.3, -0.25) is 19.8 Å². The molecule has 4 aromatic carbocycles. The average Bonchev–Trinajstić information content (AvgIpc) is 3.36. The van der Waals surface area contributed by atoms with Crippen LogP contribution in [0.25, 0.3) is 34.3 Å². The molecule has 1 N–H and O–H groups in total. The summed E-state index contributed by atoms with van der Waals surface area (Å²) in [5, 5.41) is 3.12. The van der Waals surface area contributed by atoms with E-state index in [0.29, 0.717) is 16.3 Å². The van der Waals surface area contributed by atoms with Gasteiger partial charge in [-0.1, -0.05) is 94.3 Å². The Hall–Kier alpha value is -4.30. The van der Waals surface area contributed by atoms with E-state index in [9.17, 15) is 9.59 Å². The van der Waals surface area contributed by atoms with E-state index in [1.54, 1.807) is 30.3 Å². The fourth-order valence-electron chi connectivity index (χ4n) is 4.87. The average molecular weight is 639 g/mol. The highest BCUT2D eigenvalue weighted by Crippen LogP contribution is 2.38. The fourth-order valence-corrected chi connectivity index (χ4v) is 5.60. The molecule has 2 heterocycles. The number of rotatable bonds is 5. The van der Waals surface area contributed by atoms with Crippen molar-refractivity contribution in [2.75, 3.05) is 4.90 Å². The minimum atomic E-state index is -0.560. The van der Waals surface area contributed by atoms with Crippen LogP contribution in [0.15, 0.2) is 125 Å². The second kappa shape index (κ2) is 11.3. The summed E-state index contributed by atoms with van der Waals surface area (Å²) in [6, 6.07) is 36.7. The molecule has 0 radical (unpaired) electrons. The van der Waals surface area contributed by atoms with Gasteiger partial charge in [-0.05, 0) is 78.0 Å². The third kappa shape index (κ3) is 5.27. The monoisotopic (exact) mass is 637 g/mol. The third-order valence-electron chi connectivity index (χ3n) is 6.70. The third-order valence-corrected chi connectivity index (χ3v) is 7.75. The lowest BCUT2D eigenvalue weighted by molar-refractivity contribution is -0.122. The molecule has 1 fully saturated rings. The number of benzene rings is 4. The summed E-state index contributed by atoms with van der Waals surface area (Å²) in [6.07, 6.45) is 1.64. The van der Waals surface area contributed by atoms with Crippen molar-refractivity contribution in [2.24, 2.45) is 0 Å². The van der Waals surface area contributed by atoms with Gasteiger partial charge in [0.15, 0.2) is 5.11 Å². The predicted octanol–water partition coefficient (Wildman–Crippen LogP) is 8.06. The molecular formula is C33H21BrClN3O2S. The van der Waals surface area contributed by atoms with Crippen LogP contribution >= 0.6 is 39.7 Å². The van der Waals surface area contributed by atoms with Crippen molar-refractivity contribution in [2.45, 2.75) is 0 Å². The highest BCUT2D eigenvalue weighted by atomic mass is 79.9. The van der Waals surface area contributed by atoms with Crippen molar-refractivity contribution in [1.82, 2.24) is 9.88 Å². The number of halogens is 2. The Morgan fingerprint density at radius 2 is 1.41 bits per heavy atom. The van der Waals surface area contributed by atoms with E-state index in [-0.39, 0.29) is 10.7 Å². The van der Waals surface area contributed by atoms with Crippen LogP contribution in [0.1, 0.15) is 5.56 Å². The summed E-state index contributed by atoms with van der Waals surface area (Å²) in [5.74, 6) is -1.09. The van der Waals surface area contributed by atoms with E-state index in [0.717, 1.165) is 32.7 Å². The summed E-state index contributed by atoms with van der Waals surface area (Å²) in [6.45, 7) is 0. The van der Waals surface area contributed by atoms with E-state index < -0.39 is 11.8 Å². The van der Waals surface area contributed by atoms with Gasteiger partial charge in [0.05, 0.1) is 17.1 Å². The predicted molar refractivity (Wildman–Crippen MR) is 172 cm³/mol. The summed E-state index contributed by atoms with van der Waals surface area (Å²) in [7, 11) is 0. The number of hydrogen-bond acceptors (Lipinski definition) is 3. The topological polar surface area (TPSA) is 54.3 Å². The first-order valence-electron chi connectivity index (χ1n) is 12.7. The SMILES string of the molecule is O=C1NC(=S)N(c2cccc(Cl)c2)C(=O)/C1=C/c1cc(-c2ccccc2)n(-c2ccc(Br)cc2)c1-c1ccccc1. The first-order valence-corrected chi connectivity index (χ1v) is 14.3. The lowest BCUT2D eigenvalue weighted by atomic mass is 10.0. The maximum absolute atomic E-state index is 13.8. The Balaban J connectivity index is 1.60. The summed E-state index contributed by atoms with van der Waals surface area (Å²) in [5.41, 5.74) is 5.72. The molecule has 6 rings (SSSR count). The van der Waals surface area contributed by atoms with Crippen molar-refractivity contribution >= 4 is 68.4 Å². The van der Waals surface area contributed by atoms with Gasteiger partial charge in [0, 0.05) is 20.7 Å². The molecule has 1 aliphatic rings. The zero-order valence-electron chi connectivity index (χ0n) is 21.4. The second-order valence-electron chi connectivity index (χ2n) is 9.32. The number of nitrogens with one attached hydrogen (secondary N) is 1. The Morgan fingerprint density at radius 1 is 0.756 bits per heavy atom. The quantitative estimate of drug-likeness (QED) is 0.120. The number of aromatic nitrogens is 1. The van der Waals surface area contributed by atoms with E-state index >= 15 is 0 Å². The number of carbonyl (C=O) groups excluding carboxylic acids is 2. The first kappa shape index (κ1) is 26.9. The van der Waals surface area contributed by atoms with Crippen molar-refractivity contribution in [3.8, 4) is 28.2 Å². The van der Waals surface area contributed by atoms with Crippen LogP contribution in [-0.2, 0) is 9.59 Å². The molecule has 2 amide bonds. The van der Waals surface area contributed by atoms with Gasteiger partial charge >= 0.3 is 0 Å². The Morgan fingerprint density at radius 3 is 2.07 bits per heavy atom. The molecule has 200 valence electrons. The molecule has 0 aliphatic carbocycles. The zero-order chi connectivity index (χ0) is 28.5. The number of thiocarbonyl (C=S) groups is 1. The van der Waals surface area contributed by atoms with Gasteiger partial charge in [-0.15, -0.1) is 0 Å². The van der Waals surface area contributed by atoms with Crippen molar-refractivity contribution in [3.05, 3.63) is 136 Å². The van der Waals surface area contributed by atoms with Gasteiger partial charge in [0.2, 0.25) is 0 Å². The highest BCUT2D eigenvalue weighted by molar-refractivity contribution is 9.10. The molecule has 0 atom stereocenters. The first-order chi connectivity index (χ1) is 19.9. The molecule has 0 saturated carbocycles. The Kier molecular flexibility index (Phi) is 7.41. The molecule has 0 unspecified atom stereocenters. The number of carbonyl (C=O) groups is 2. The van der Waals surface area contributed by atoms with Crippen LogP contribution < -0.4 is 10.2 Å². The zero-order valence-corrected chi connectivity index (χ0v) is 24.6. The van der Waals surface area contributed by atoms with Gasteiger partial charge in [-0.25, -0.2) is 0 Å². The largest absolute Gasteiger partial charge is 0.309 e. The van der Waals surface area contributed by atoms with Crippen LogP contribution in [0.3, 0.4) is 0 Å². The van der Waals surface area contributed by atoms with Gasteiger partial charge in [-0.2, -0.15) is 0 Å². The highest BCUT2D eigenvalue weighted by Gasteiger charge is 2.35. The molecule has 1 aromatic heterocycles. The summed E-state index contributed by atoms with van der Waals surface area (Å²) >= 11 is 15.1. The number of nitrogens with zero attached hydrogens (tertiary/aromatic N) is 2. The molecule has 5 nitrogen and oxygen atoms in total. The lowest BCUT2D eigenvalue weighted by Crippen LogP contribution is -2.54. The van der Waals surface area contributed by atoms with E-state index in [4.69, 9.17) is 23.8 Å². The Bertz CT molecular complexity index is 1830. The number of amides is 2. The van der Waals surface area contributed by atoms with Crippen LogP contribution in [0.2, 0.25) is 5.02 Å². The standard InChI is InChI=1S/C33H21BrClN3O2S/c34-24-14-16-26(17-15-24)37-29(21-8-3-1-4-9-21)19-23(30(37)22-10-5-2-6-11-22)18-28-31(39)36-33(41)38(32(28)40)27-13-7-12-25(35)20-27/h1-20H,(H,36,39,41)/b28-18+. The molecule has 1 saturated heterocycles. The smallest absolute Gasteiger partial charge is 0.270 e. The summed E-state index contributed by atoms with van der Waals surface area (Å²) < 4.78 is 3.11. The van der Waals surface area contributed by atoms with Gasteiger partial charge < -0.3 is 4.57 Å². The van der Waals surface area contributed by atoms with Crippen LogP contribution in [-0.4, -0.2) is 21.5 Å². The van der Waals surface area contributed by atoms with Crippen LogP contribution in [0, 0.1) is 0 Å². The molecule has 41 heavy (non-hydrogen) atoms. The van der Waals surface area contributed by atoms with E-state index in [1.807, 2.05) is 91.0 Å². The van der Waals surface area contributed by atoms with Crippen LogP contribution in [0.5, 0.6) is 0 Å². The van der Waals surface area contributed by atoms with Gasteiger partial charge in [0.1, 0.15) is 5.57 Å². The maximum Gasteiger partial charge on any atom is 0.270 e. The normalized spacial score (nSPS) is 14.4. The van der Waals surface area contributed by atoms with Crippen molar-refractivity contribution in [1.29, 1.82) is 0 Å². The summed E-state index contributed by atoms with van der Waals surface area (Å²) in [4.78, 5) is 28.4. The molecule has 8 heteroatoms. The molecular weight excluding hydrogens is 618 g/mol. The minimum absolute atomic E-state index is 0.0000988. The second-order valence-corrected chi connectivity index (χ2v) is 11.1. The van der Waals surface area contributed by atoms with Gasteiger partial charge in [0.25, 0.3) is 11.8 Å². The minimum Gasteiger partial charge on any atom is -0.309 e. The van der Waals surface area contributed by atoms with E-state index in [2.05, 4.69) is 25.8 Å². The van der Waals surface area contributed by atoms with Crippen molar-refractivity contribution in [3.63, 3.8) is 0 Å². The number of hydrogen-bond donors (Lipinski definition) is 1. The Labute approximate surface area is 255 Å². The molecule has 0 bridgehead atoms. The fraction of sp³-hybridized carbons (Fsp3) is 0. The van der Waals surface area contributed by atoms with E-state index in [1.165, 1.54) is 4.90 Å². The molecule has 0 spiro atoms. The van der Waals surface area contributed by atoms with Crippen molar-refractivity contribution < 1.29 is 9.59 Å². The molecule has 5 aromatic rings. The van der Waals surface area contributed by atoms with Crippen LogP contribution in [0.4, 0.5) is 5.69 Å².